The van der Waals surface area contributed by atoms with E-state index in [1.807, 2.05) is 12.1 Å². The van der Waals surface area contributed by atoms with Crippen molar-refractivity contribution in [2.24, 2.45) is 0 Å². The Kier molecular flexibility index (Phi) is 4.84. The first-order valence-electron chi connectivity index (χ1n) is 13.0. The predicted molar refractivity (Wildman–Crippen MR) is 152 cm³/mol. The fraction of sp³-hybridized carbons (Fsp3) is 0.176. The van der Waals surface area contributed by atoms with Gasteiger partial charge in [-0.05, 0) is 45.4 Å². The van der Waals surface area contributed by atoms with Crippen LogP contribution in [-0.2, 0) is 18.3 Å². The summed E-state index contributed by atoms with van der Waals surface area (Å²) in [6.45, 7) is 6.90. The van der Waals surface area contributed by atoms with E-state index in [4.69, 9.17) is 9.97 Å². The second kappa shape index (κ2) is 8.14. The van der Waals surface area contributed by atoms with Crippen molar-refractivity contribution in [2.45, 2.75) is 39.0 Å². The zero-order valence-electron chi connectivity index (χ0n) is 21.5. The Balaban J connectivity index is 1.47. The highest BCUT2D eigenvalue weighted by Gasteiger charge is 2.35. The summed E-state index contributed by atoms with van der Waals surface area (Å²) < 4.78 is 0. The van der Waals surface area contributed by atoms with Crippen LogP contribution in [0.4, 0.5) is 17.3 Å². The molecule has 0 bridgehead atoms. The lowest BCUT2D eigenvalue weighted by molar-refractivity contribution is 0.588. The van der Waals surface area contributed by atoms with Gasteiger partial charge < -0.3 is 0 Å². The fourth-order valence-corrected chi connectivity index (χ4v) is 5.63. The van der Waals surface area contributed by atoms with Crippen LogP contribution in [0.5, 0.6) is 0 Å². The van der Waals surface area contributed by atoms with Crippen LogP contribution in [0.25, 0.3) is 22.5 Å². The van der Waals surface area contributed by atoms with Crippen LogP contribution in [0.15, 0.2) is 97.1 Å². The van der Waals surface area contributed by atoms with Gasteiger partial charge in [0.2, 0.25) is 0 Å². The number of anilines is 3. The van der Waals surface area contributed by atoms with E-state index in [2.05, 4.69) is 111 Å². The molecule has 0 unspecified atom stereocenters. The van der Waals surface area contributed by atoms with Gasteiger partial charge >= 0.3 is 0 Å². The molecular formula is C34H29N3. The molecule has 5 aromatic rings. The van der Waals surface area contributed by atoms with Crippen LogP contribution in [-0.4, -0.2) is 9.97 Å². The molecule has 7 rings (SSSR count). The lowest BCUT2D eigenvalue weighted by Gasteiger charge is -2.39. The summed E-state index contributed by atoms with van der Waals surface area (Å²) in [7, 11) is 0. The molecule has 3 heteroatoms. The number of hydrogen-bond donors (Lipinski definition) is 0. The molecule has 0 spiro atoms. The van der Waals surface area contributed by atoms with E-state index >= 15 is 0 Å². The summed E-state index contributed by atoms with van der Waals surface area (Å²) in [6.07, 6.45) is 1.77. The third-order valence-corrected chi connectivity index (χ3v) is 7.59. The van der Waals surface area contributed by atoms with Crippen LogP contribution in [0.3, 0.4) is 0 Å². The maximum atomic E-state index is 5.27. The van der Waals surface area contributed by atoms with Crippen LogP contribution in [0, 0.1) is 0 Å². The first-order valence-corrected chi connectivity index (χ1v) is 13.0. The molecule has 0 saturated carbocycles. The topological polar surface area (TPSA) is 29.0 Å². The molecule has 2 aromatic heterocycles. The maximum Gasteiger partial charge on any atom is 0.143 e. The molecule has 0 N–H and O–H groups in total. The zero-order chi connectivity index (χ0) is 25.1. The summed E-state index contributed by atoms with van der Waals surface area (Å²) in [5.74, 6) is 1.99. The molecule has 0 aliphatic carbocycles. The first-order chi connectivity index (χ1) is 18.0. The highest BCUT2D eigenvalue weighted by molar-refractivity contribution is 5.88. The normalized spacial score (nSPS) is 13.5. The smallest absolute Gasteiger partial charge is 0.143 e. The van der Waals surface area contributed by atoms with Crippen molar-refractivity contribution in [1.82, 2.24) is 9.97 Å². The van der Waals surface area contributed by atoms with E-state index < -0.39 is 0 Å². The van der Waals surface area contributed by atoms with Crippen LogP contribution < -0.4 is 4.90 Å². The molecule has 0 amide bonds. The monoisotopic (exact) mass is 479 g/mol. The Morgan fingerprint density at radius 1 is 0.568 bits per heavy atom. The van der Waals surface area contributed by atoms with Crippen LogP contribution in [0.1, 0.15) is 48.6 Å². The van der Waals surface area contributed by atoms with Crippen molar-refractivity contribution in [3.8, 4) is 22.5 Å². The molecule has 2 aliphatic heterocycles. The Labute approximate surface area is 218 Å². The largest absolute Gasteiger partial charge is 0.278 e. The fourth-order valence-electron chi connectivity index (χ4n) is 5.63. The van der Waals surface area contributed by atoms with E-state index in [0.29, 0.717) is 0 Å². The SMILES string of the molecule is CC(C)(C)c1cc2c3c(c1)Cc1ccc(-c4ccccc4)nc1N3c1nc(-c3ccccc3)ccc1C2. The highest BCUT2D eigenvalue weighted by Crippen LogP contribution is 2.50. The van der Waals surface area contributed by atoms with E-state index in [1.54, 1.807) is 0 Å². The third kappa shape index (κ3) is 3.65. The van der Waals surface area contributed by atoms with E-state index in [0.717, 1.165) is 47.0 Å². The third-order valence-electron chi connectivity index (χ3n) is 7.59. The minimum Gasteiger partial charge on any atom is -0.278 e. The van der Waals surface area contributed by atoms with E-state index in [-0.39, 0.29) is 5.41 Å². The Bertz CT molecular complexity index is 1530. The number of benzene rings is 3. The number of rotatable bonds is 2. The number of nitrogens with zero attached hydrogens (tertiary/aromatic N) is 3. The molecule has 0 fully saturated rings. The van der Waals surface area contributed by atoms with Crippen molar-refractivity contribution in [3.63, 3.8) is 0 Å². The molecule has 4 heterocycles. The van der Waals surface area contributed by atoms with Gasteiger partial charge in [0.25, 0.3) is 0 Å². The number of aromatic nitrogens is 2. The number of hydrogen-bond acceptors (Lipinski definition) is 3. The molecule has 3 nitrogen and oxygen atoms in total. The molecule has 0 atom stereocenters. The quantitative estimate of drug-likeness (QED) is 0.249. The minimum atomic E-state index is 0.0851. The maximum absolute atomic E-state index is 5.27. The molecule has 180 valence electrons. The van der Waals surface area contributed by atoms with Gasteiger partial charge in [0, 0.05) is 24.0 Å². The van der Waals surface area contributed by atoms with Crippen molar-refractivity contribution < 1.29 is 0 Å². The predicted octanol–water partition coefficient (Wildman–Crippen LogP) is 8.39. The standard InChI is InChI=1S/C34H29N3/c1-34(2,3)28-20-26-18-24-14-16-29(22-10-6-4-7-11-22)35-32(24)37-31(26)27(21-28)19-25-15-17-30(36-33(25)37)23-12-8-5-9-13-23/h4-17,20-21H,18-19H2,1-3H3. The average Bonchev–Trinajstić information content (AvgIpc) is 2.92. The van der Waals surface area contributed by atoms with Gasteiger partial charge in [0.15, 0.2) is 0 Å². The lowest BCUT2D eigenvalue weighted by atomic mass is 9.80. The summed E-state index contributed by atoms with van der Waals surface area (Å²) >= 11 is 0. The second-order valence-electron chi connectivity index (χ2n) is 11.2. The molecule has 0 saturated heterocycles. The van der Waals surface area contributed by atoms with Gasteiger partial charge in [-0.1, -0.05) is 106 Å². The van der Waals surface area contributed by atoms with Gasteiger partial charge in [0.05, 0.1) is 17.1 Å². The van der Waals surface area contributed by atoms with E-state index in [9.17, 15) is 0 Å². The van der Waals surface area contributed by atoms with Crippen LogP contribution >= 0.6 is 0 Å². The summed E-state index contributed by atoms with van der Waals surface area (Å²) in [6, 6.07) is 34.5. The highest BCUT2D eigenvalue weighted by atomic mass is 15.3. The Morgan fingerprint density at radius 3 is 1.46 bits per heavy atom. The van der Waals surface area contributed by atoms with Crippen LogP contribution in [0.2, 0.25) is 0 Å². The molecule has 0 radical (unpaired) electrons. The van der Waals surface area contributed by atoms with Gasteiger partial charge in [0.1, 0.15) is 11.6 Å². The Hall–Kier alpha value is -4.24. The molecule has 37 heavy (non-hydrogen) atoms. The molecule has 3 aromatic carbocycles. The average molecular weight is 480 g/mol. The number of fused-ring (bicyclic) bond motifs is 4. The van der Waals surface area contributed by atoms with E-state index in [1.165, 1.54) is 33.5 Å². The summed E-state index contributed by atoms with van der Waals surface area (Å²) in [5, 5.41) is 0. The van der Waals surface area contributed by atoms with Gasteiger partial charge in [-0.2, -0.15) is 0 Å². The van der Waals surface area contributed by atoms with Crippen molar-refractivity contribution in [3.05, 3.63) is 125 Å². The molecule has 2 aliphatic rings. The van der Waals surface area contributed by atoms with Crippen molar-refractivity contribution in [1.29, 1.82) is 0 Å². The number of pyridine rings is 2. The second-order valence-corrected chi connectivity index (χ2v) is 11.2. The van der Waals surface area contributed by atoms with Gasteiger partial charge in [-0.3, -0.25) is 4.90 Å². The molecular weight excluding hydrogens is 450 g/mol. The summed E-state index contributed by atoms with van der Waals surface area (Å²) in [5.41, 5.74) is 12.2. The van der Waals surface area contributed by atoms with Crippen molar-refractivity contribution >= 4 is 17.3 Å². The summed E-state index contributed by atoms with van der Waals surface area (Å²) in [4.78, 5) is 12.9. The lowest BCUT2D eigenvalue weighted by Crippen LogP contribution is -2.28. The van der Waals surface area contributed by atoms with Gasteiger partial charge in [-0.25, -0.2) is 9.97 Å². The zero-order valence-corrected chi connectivity index (χ0v) is 21.5. The minimum absolute atomic E-state index is 0.0851. The van der Waals surface area contributed by atoms with Crippen molar-refractivity contribution in [2.75, 3.05) is 4.90 Å². The van der Waals surface area contributed by atoms with Gasteiger partial charge in [-0.15, -0.1) is 0 Å². The Morgan fingerprint density at radius 2 is 1.03 bits per heavy atom. The first kappa shape index (κ1) is 22.0.